The smallest absolute Gasteiger partial charge is 0.119 e. The van der Waals surface area contributed by atoms with Crippen molar-refractivity contribution in [2.24, 2.45) is 0 Å². The van der Waals surface area contributed by atoms with E-state index >= 15 is 0 Å². The largest absolute Gasteiger partial charge is 0.497 e. The number of anilines is 1. The molecule has 17 heavy (non-hydrogen) atoms. The van der Waals surface area contributed by atoms with Gasteiger partial charge in [0.1, 0.15) is 5.75 Å². The first-order valence-electron chi connectivity index (χ1n) is 5.26. The molecule has 88 valence electrons. The van der Waals surface area contributed by atoms with Crippen LogP contribution in [0.5, 0.6) is 5.75 Å². The van der Waals surface area contributed by atoms with E-state index in [0.717, 1.165) is 28.0 Å². The lowest BCUT2D eigenvalue weighted by atomic mass is 10.2. The van der Waals surface area contributed by atoms with Crippen molar-refractivity contribution >= 4 is 21.6 Å². The fourth-order valence-corrected chi connectivity index (χ4v) is 1.81. The van der Waals surface area contributed by atoms with Crippen LogP contribution < -0.4 is 10.1 Å². The predicted octanol–water partition coefficient (Wildman–Crippen LogP) is 3.46. The second-order valence-corrected chi connectivity index (χ2v) is 4.40. The number of hydrogen-bond acceptors (Lipinski definition) is 3. The van der Waals surface area contributed by atoms with Gasteiger partial charge in [-0.25, -0.2) is 0 Å². The molecule has 0 aliphatic rings. The molecule has 0 atom stereocenters. The lowest BCUT2D eigenvalue weighted by Crippen LogP contribution is -2.00. The number of hydrogen-bond donors (Lipinski definition) is 1. The summed E-state index contributed by atoms with van der Waals surface area (Å²) >= 11 is 3.49. The first-order chi connectivity index (χ1) is 8.29. The molecule has 1 aromatic heterocycles. The third-order valence-electron chi connectivity index (χ3n) is 2.42. The third-order valence-corrected chi connectivity index (χ3v) is 3.19. The van der Waals surface area contributed by atoms with Crippen molar-refractivity contribution in [3.05, 3.63) is 52.8 Å². The van der Waals surface area contributed by atoms with Crippen molar-refractivity contribution in [2.75, 3.05) is 12.4 Å². The van der Waals surface area contributed by atoms with Crippen molar-refractivity contribution in [2.45, 2.75) is 6.54 Å². The molecular weight excluding hydrogens is 280 g/mol. The Kier molecular flexibility index (Phi) is 3.98. The highest BCUT2D eigenvalue weighted by Gasteiger charge is 1.99. The van der Waals surface area contributed by atoms with Crippen LogP contribution in [-0.2, 0) is 6.54 Å². The minimum absolute atomic E-state index is 0.737. The molecule has 0 fully saturated rings. The number of benzene rings is 1. The molecule has 0 spiro atoms. The summed E-state index contributed by atoms with van der Waals surface area (Å²) in [5.74, 6) is 0.859. The van der Waals surface area contributed by atoms with Gasteiger partial charge in [-0.05, 0) is 30.3 Å². The maximum absolute atomic E-state index is 5.11. The number of pyridine rings is 1. The number of nitrogens with zero attached hydrogens (tertiary/aromatic N) is 1. The molecule has 3 nitrogen and oxygen atoms in total. The van der Waals surface area contributed by atoms with Crippen LogP contribution in [0.4, 0.5) is 5.69 Å². The van der Waals surface area contributed by atoms with E-state index in [1.807, 2.05) is 36.5 Å². The SMILES string of the molecule is COc1ccc(NCc2cnccc2Br)cc1. The summed E-state index contributed by atoms with van der Waals surface area (Å²) in [5.41, 5.74) is 2.19. The Morgan fingerprint density at radius 3 is 2.65 bits per heavy atom. The quantitative estimate of drug-likeness (QED) is 0.937. The predicted molar refractivity (Wildman–Crippen MR) is 72.3 cm³/mol. The number of nitrogens with one attached hydrogen (secondary N) is 1. The van der Waals surface area contributed by atoms with Gasteiger partial charge in [-0.2, -0.15) is 0 Å². The Labute approximate surface area is 109 Å². The van der Waals surface area contributed by atoms with Gasteiger partial charge >= 0.3 is 0 Å². The van der Waals surface area contributed by atoms with Crippen LogP contribution in [-0.4, -0.2) is 12.1 Å². The standard InChI is InChI=1S/C13H13BrN2O/c1-17-12-4-2-11(3-5-12)16-9-10-8-15-7-6-13(10)14/h2-8,16H,9H2,1H3. The van der Waals surface area contributed by atoms with Crippen molar-refractivity contribution in [3.63, 3.8) is 0 Å². The Hall–Kier alpha value is -1.55. The minimum Gasteiger partial charge on any atom is -0.497 e. The highest BCUT2D eigenvalue weighted by Crippen LogP contribution is 2.18. The number of ether oxygens (including phenoxy) is 1. The molecule has 1 heterocycles. The van der Waals surface area contributed by atoms with Crippen LogP contribution in [0.2, 0.25) is 0 Å². The lowest BCUT2D eigenvalue weighted by Gasteiger charge is -2.08. The maximum Gasteiger partial charge on any atom is 0.119 e. The number of methoxy groups -OCH3 is 1. The molecular formula is C13H13BrN2O. The highest BCUT2D eigenvalue weighted by atomic mass is 79.9. The molecule has 0 radical (unpaired) electrons. The fraction of sp³-hybridized carbons (Fsp3) is 0.154. The van der Waals surface area contributed by atoms with E-state index in [1.54, 1.807) is 13.3 Å². The van der Waals surface area contributed by atoms with Gasteiger partial charge in [-0.15, -0.1) is 0 Å². The summed E-state index contributed by atoms with van der Waals surface area (Å²) in [6, 6.07) is 9.78. The molecule has 0 saturated carbocycles. The monoisotopic (exact) mass is 292 g/mol. The molecule has 0 bridgehead atoms. The molecule has 0 amide bonds. The topological polar surface area (TPSA) is 34.1 Å². The minimum atomic E-state index is 0.737. The zero-order valence-electron chi connectivity index (χ0n) is 9.48. The summed E-state index contributed by atoms with van der Waals surface area (Å²) in [4.78, 5) is 4.10. The molecule has 4 heteroatoms. The van der Waals surface area contributed by atoms with Gasteiger partial charge in [0.15, 0.2) is 0 Å². The average molecular weight is 293 g/mol. The van der Waals surface area contributed by atoms with Crippen LogP contribution in [0.25, 0.3) is 0 Å². The highest BCUT2D eigenvalue weighted by molar-refractivity contribution is 9.10. The van der Waals surface area contributed by atoms with Gasteiger partial charge < -0.3 is 10.1 Å². The Balaban J connectivity index is 2.00. The number of rotatable bonds is 4. The van der Waals surface area contributed by atoms with Crippen molar-refractivity contribution < 1.29 is 4.74 Å². The zero-order chi connectivity index (χ0) is 12.1. The van der Waals surface area contributed by atoms with Gasteiger partial charge in [-0.3, -0.25) is 4.98 Å². The van der Waals surface area contributed by atoms with Crippen LogP contribution in [0.1, 0.15) is 5.56 Å². The van der Waals surface area contributed by atoms with Gasteiger partial charge in [0.2, 0.25) is 0 Å². The van der Waals surface area contributed by atoms with E-state index < -0.39 is 0 Å². The summed E-state index contributed by atoms with van der Waals surface area (Å²) in [6.07, 6.45) is 3.61. The van der Waals surface area contributed by atoms with Crippen molar-refractivity contribution in [1.29, 1.82) is 0 Å². The molecule has 1 aromatic carbocycles. The fourth-order valence-electron chi connectivity index (χ4n) is 1.45. The molecule has 0 saturated heterocycles. The summed E-state index contributed by atoms with van der Waals surface area (Å²) in [7, 11) is 1.66. The van der Waals surface area contributed by atoms with Crippen LogP contribution >= 0.6 is 15.9 Å². The molecule has 0 aliphatic carbocycles. The van der Waals surface area contributed by atoms with E-state index in [9.17, 15) is 0 Å². The van der Waals surface area contributed by atoms with E-state index in [-0.39, 0.29) is 0 Å². The summed E-state index contributed by atoms with van der Waals surface area (Å²) in [6.45, 7) is 0.737. The second-order valence-electron chi connectivity index (χ2n) is 3.55. The van der Waals surface area contributed by atoms with Gasteiger partial charge in [0.25, 0.3) is 0 Å². The van der Waals surface area contributed by atoms with E-state index in [2.05, 4.69) is 26.2 Å². The molecule has 2 aromatic rings. The first kappa shape index (κ1) is 11.9. The molecule has 0 aliphatic heterocycles. The molecule has 1 N–H and O–H groups in total. The Morgan fingerprint density at radius 1 is 1.24 bits per heavy atom. The number of halogens is 1. The van der Waals surface area contributed by atoms with Crippen LogP contribution in [0.15, 0.2) is 47.2 Å². The van der Waals surface area contributed by atoms with Crippen molar-refractivity contribution in [3.8, 4) is 5.75 Å². The summed E-state index contributed by atoms with van der Waals surface area (Å²) in [5, 5.41) is 3.33. The maximum atomic E-state index is 5.11. The number of aromatic nitrogens is 1. The van der Waals surface area contributed by atoms with E-state index in [0.29, 0.717) is 0 Å². The van der Waals surface area contributed by atoms with Crippen LogP contribution in [0.3, 0.4) is 0 Å². The van der Waals surface area contributed by atoms with Gasteiger partial charge in [0, 0.05) is 34.7 Å². The van der Waals surface area contributed by atoms with Crippen molar-refractivity contribution in [1.82, 2.24) is 4.98 Å². The van der Waals surface area contributed by atoms with E-state index in [4.69, 9.17) is 4.74 Å². The second kappa shape index (κ2) is 5.68. The molecule has 0 unspecified atom stereocenters. The Bertz CT molecular complexity index is 485. The van der Waals surface area contributed by atoms with Crippen LogP contribution in [0, 0.1) is 0 Å². The molecule has 2 rings (SSSR count). The zero-order valence-corrected chi connectivity index (χ0v) is 11.1. The van der Waals surface area contributed by atoms with Gasteiger partial charge in [-0.1, -0.05) is 15.9 Å². The average Bonchev–Trinajstić information content (AvgIpc) is 2.38. The summed E-state index contributed by atoms with van der Waals surface area (Å²) < 4.78 is 6.17. The normalized spacial score (nSPS) is 10.0. The first-order valence-corrected chi connectivity index (χ1v) is 6.05. The van der Waals surface area contributed by atoms with Gasteiger partial charge in [0.05, 0.1) is 7.11 Å². The third kappa shape index (κ3) is 3.20. The van der Waals surface area contributed by atoms with E-state index in [1.165, 1.54) is 0 Å². The lowest BCUT2D eigenvalue weighted by molar-refractivity contribution is 0.415. The Morgan fingerprint density at radius 2 is 2.00 bits per heavy atom.